The van der Waals surface area contributed by atoms with E-state index in [1.165, 1.54) is 58.0 Å². The SMILES string of the molecule is CCNC(=NCC(=O)NC1CCCCC1)NCCCN1CCCCCC1. The van der Waals surface area contributed by atoms with Crippen LogP contribution >= 0.6 is 0 Å². The van der Waals surface area contributed by atoms with Gasteiger partial charge in [0.2, 0.25) is 5.91 Å². The highest BCUT2D eigenvalue weighted by atomic mass is 16.1. The van der Waals surface area contributed by atoms with Crippen LogP contribution in [0.4, 0.5) is 0 Å². The van der Waals surface area contributed by atoms with E-state index in [2.05, 4.69) is 32.8 Å². The topological polar surface area (TPSA) is 68.8 Å². The second-order valence-electron chi connectivity index (χ2n) is 7.63. The Hall–Kier alpha value is -1.30. The van der Waals surface area contributed by atoms with Crippen molar-refractivity contribution in [3.05, 3.63) is 0 Å². The third-order valence-electron chi connectivity index (χ3n) is 5.34. The molecule has 2 rings (SSSR count). The Morgan fingerprint density at radius 2 is 1.69 bits per heavy atom. The highest BCUT2D eigenvalue weighted by Crippen LogP contribution is 2.17. The number of carbonyl (C=O) groups is 1. The normalized spacial score (nSPS) is 20.4. The van der Waals surface area contributed by atoms with Crippen molar-refractivity contribution in [2.24, 2.45) is 4.99 Å². The Labute approximate surface area is 159 Å². The molecule has 0 aromatic rings. The van der Waals surface area contributed by atoms with E-state index in [1.54, 1.807) is 0 Å². The highest BCUT2D eigenvalue weighted by Gasteiger charge is 2.15. The molecule has 0 radical (unpaired) electrons. The number of hydrogen-bond acceptors (Lipinski definition) is 3. The molecule has 6 nitrogen and oxygen atoms in total. The van der Waals surface area contributed by atoms with Crippen LogP contribution in [0.15, 0.2) is 4.99 Å². The van der Waals surface area contributed by atoms with Crippen LogP contribution in [0.25, 0.3) is 0 Å². The summed E-state index contributed by atoms with van der Waals surface area (Å²) in [6, 6.07) is 0.357. The number of amides is 1. The summed E-state index contributed by atoms with van der Waals surface area (Å²) in [5, 5.41) is 9.73. The molecule has 1 aliphatic carbocycles. The van der Waals surface area contributed by atoms with E-state index in [4.69, 9.17) is 0 Å². The number of guanidine groups is 1. The smallest absolute Gasteiger partial charge is 0.242 e. The maximum absolute atomic E-state index is 12.1. The van der Waals surface area contributed by atoms with E-state index in [0.717, 1.165) is 44.9 Å². The number of aliphatic imine (C=N–C) groups is 1. The average molecular weight is 366 g/mol. The first-order valence-electron chi connectivity index (χ1n) is 10.8. The number of likely N-dealkylation sites (tertiary alicyclic amines) is 1. The lowest BCUT2D eigenvalue weighted by Gasteiger charge is -2.22. The molecule has 150 valence electrons. The van der Waals surface area contributed by atoms with Gasteiger partial charge in [0, 0.05) is 19.1 Å². The molecule has 0 aromatic heterocycles. The summed E-state index contributed by atoms with van der Waals surface area (Å²) in [7, 11) is 0. The molecule has 3 N–H and O–H groups in total. The monoisotopic (exact) mass is 365 g/mol. The quantitative estimate of drug-likeness (QED) is 0.351. The molecule has 2 aliphatic rings. The predicted octanol–water partition coefficient (Wildman–Crippen LogP) is 2.26. The van der Waals surface area contributed by atoms with E-state index < -0.39 is 0 Å². The zero-order valence-corrected chi connectivity index (χ0v) is 16.7. The van der Waals surface area contributed by atoms with Crippen LogP contribution in [-0.2, 0) is 4.79 Å². The number of rotatable bonds is 8. The molecule has 1 saturated carbocycles. The van der Waals surface area contributed by atoms with Gasteiger partial charge in [-0.1, -0.05) is 32.1 Å². The van der Waals surface area contributed by atoms with Gasteiger partial charge in [0.05, 0.1) is 0 Å². The van der Waals surface area contributed by atoms with Crippen LogP contribution in [0.2, 0.25) is 0 Å². The minimum Gasteiger partial charge on any atom is -0.357 e. The fourth-order valence-electron chi connectivity index (χ4n) is 3.88. The lowest BCUT2D eigenvalue weighted by atomic mass is 9.95. The van der Waals surface area contributed by atoms with E-state index >= 15 is 0 Å². The number of carbonyl (C=O) groups excluding carboxylic acids is 1. The summed E-state index contributed by atoms with van der Waals surface area (Å²) in [5.41, 5.74) is 0. The van der Waals surface area contributed by atoms with Crippen molar-refractivity contribution >= 4 is 11.9 Å². The Balaban J connectivity index is 1.63. The Morgan fingerprint density at radius 1 is 1.00 bits per heavy atom. The molecule has 0 bridgehead atoms. The molecule has 0 atom stereocenters. The van der Waals surface area contributed by atoms with Gasteiger partial charge in [-0.3, -0.25) is 4.79 Å². The number of hydrogen-bond donors (Lipinski definition) is 3. The second-order valence-corrected chi connectivity index (χ2v) is 7.63. The van der Waals surface area contributed by atoms with Gasteiger partial charge in [-0.2, -0.15) is 0 Å². The molecular weight excluding hydrogens is 326 g/mol. The first-order valence-corrected chi connectivity index (χ1v) is 10.8. The van der Waals surface area contributed by atoms with Gasteiger partial charge in [-0.15, -0.1) is 0 Å². The van der Waals surface area contributed by atoms with E-state index in [1.807, 2.05) is 0 Å². The molecule has 0 spiro atoms. The Morgan fingerprint density at radius 3 is 2.38 bits per heavy atom. The minimum atomic E-state index is 0.0404. The summed E-state index contributed by atoms with van der Waals surface area (Å²) in [5.74, 6) is 0.792. The van der Waals surface area contributed by atoms with Gasteiger partial charge >= 0.3 is 0 Å². The van der Waals surface area contributed by atoms with Gasteiger partial charge in [-0.25, -0.2) is 4.99 Å². The zero-order chi connectivity index (χ0) is 18.5. The zero-order valence-electron chi connectivity index (χ0n) is 16.7. The maximum atomic E-state index is 12.1. The van der Waals surface area contributed by atoms with Crippen LogP contribution in [0.1, 0.15) is 71.1 Å². The standard InChI is InChI=1S/C20H39N5O/c1-2-21-20(22-13-10-16-25-14-8-3-4-9-15-25)23-17-19(26)24-18-11-6-5-7-12-18/h18H,2-17H2,1H3,(H,24,26)(H2,21,22,23). The molecule has 1 aliphatic heterocycles. The molecule has 26 heavy (non-hydrogen) atoms. The van der Waals surface area contributed by atoms with Crippen molar-refractivity contribution in [3.63, 3.8) is 0 Å². The largest absolute Gasteiger partial charge is 0.357 e. The molecular formula is C20H39N5O. The minimum absolute atomic E-state index is 0.0404. The maximum Gasteiger partial charge on any atom is 0.242 e. The van der Waals surface area contributed by atoms with Crippen molar-refractivity contribution in [3.8, 4) is 0 Å². The van der Waals surface area contributed by atoms with Gasteiger partial charge in [0.25, 0.3) is 0 Å². The van der Waals surface area contributed by atoms with Crippen LogP contribution < -0.4 is 16.0 Å². The number of nitrogens with one attached hydrogen (secondary N) is 3. The summed E-state index contributed by atoms with van der Waals surface area (Å²) in [6.07, 6.45) is 12.6. The third-order valence-corrected chi connectivity index (χ3v) is 5.34. The highest BCUT2D eigenvalue weighted by molar-refractivity contribution is 5.85. The molecule has 1 heterocycles. The van der Waals surface area contributed by atoms with Crippen molar-refractivity contribution in [2.75, 3.05) is 39.3 Å². The van der Waals surface area contributed by atoms with Crippen LogP contribution in [0.3, 0.4) is 0 Å². The summed E-state index contributed by atoms with van der Waals surface area (Å²) in [4.78, 5) is 19.1. The predicted molar refractivity (Wildman–Crippen MR) is 109 cm³/mol. The average Bonchev–Trinajstić information content (AvgIpc) is 2.93. The van der Waals surface area contributed by atoms with E-state index in [9.17, 15) is 4.79 Å². The fraction of sp³-hybridized carbons (Fsp3) is 0.900. The van der Waals surface area contributed by atoms with Crippen molar-refractivity contribution in [2.45, 2.75) is 77.2 Å². The molecule has 0 unspecified atom stereocenters. The lowest BCUT2D eigenvalue weighted by molar-refractivity contribution is -0.120. The molecule has 6 heteroatoms. The van der Waals surface area contributed by atoms with E-state index in [-0.39, 0.29) is 12.5 Å². The first kappa shape index (κ1) is 21.0. The molecule has 0 aromatic carbocycles. The van der Waals surface area contributed by atoms with Crippen LogP contribution in [-0.4, -0.2) is 62.1 Å². The Bertz CT molecular complexity index is 412. The van der Waals surface area contributed by atoms with Crippen LogP contribution in [0, 0.1) is 0 Å². The van der Waals surface area contributed by atoms with E-state index in [0.29, 0.717) is 6.04 Å². The van der Waals surface area contributed by atoms with Crippen molar-refractivity contribution in [1.82, 2.24) is 20.9 Å². The second kappa shape index (κ2) is 13.0. The summed E-state index contributed by atoms with van der Waals surface area (Å²) >= 11 is 0. The van der Waals surface area contributed by atoms with Crippen molar-refractivity contribution < 1.29 is 4.79 Å². The van der Waals surface area contributed by atoms with Gasteiger partial charge in [0.1, 0.15) is 6.54 Å². The molecule has 1 amide bonds. The summed E-state index contributed by atoms with van der Waals surface area (Å²) in [6.45, 7) is 7.60. The van der Waals surface area contributed by atoms with Gasteiger partial charge < -0.3 is 20.9 Å². The van der Waals surface area contributed by atoms with Gasteiger partial charge in [-0.05, 0) is 58.7 Å². The number of nitrogens with zero attached hydrogens (tertiary/aromatic N) is 2. The third kappa shape index (κ3) is 8.88. The van der Waals surface area contributed by atoms with Crippen LogP contribution in [0.5, 0.6) is 0 Å². The Kier molecular flexibility index (Phi) is 10.5. The molecule has 1 saturated heterocycles. The summed E-state index contributed by atoms with van der Waals surface area (Å²) < 4.78 is 0. The van der Waals surface area contributed by atoms with Gasteiger partial charge in [0.15, 0.2) is 5.96 Å². The first-order chi connectivity index (χ1) is 12.8. The lowest BCUT2D eigenvalue weighted by Crippen LogP contribution is -2.41. The van der Waals surface area contributed by atoms with Crippen molar-refractivity contribution in [1.29, 1.82) is 0 Å². The fourth-order valence-corrected chi connectivity index (χ4v) is 3.88. The molecule has 2 fully saturated rings.